The molecular formula is C14H18N2O5. The van der Waals surface area contributed by atoms with E-state index in [2.05, 4.69) is 10.6 Å². The van der Waals surface area contributed by atoms with Crippen molar-refractivity contribution < 1.29 is 24.2 Å². The maximum atomic E-state index is 12.0. The van der Waals surface area contributed by atoms with E-state index in [1.165, 1.54) is 19.2 Å². The Kier molecular flexibility index (Phi) is 5.13. The van der Waals surface area contributed by atoms with Gasteiger partial charge in [0.2, 0.25) is 5.91 Å². The number of aromatic carboxylic acids is 1. The Morgan fingerprint density at radius 2 is 2.33 bits per heavy atom. The summed E-state index contributed by atoms with van der Waals surface area (Å²) in [5.41, 5.74) is 0.238. The number of rotatable bonds is 5. The van der Waals surface area contributed by atoms with Gasteiger partial charge in [0.1, 0.15) is 5.75 Å². The summed E-state index contributed by atoms with van der Waals surface area (Å²) in [6.07, 6.45) is -0.0109. The number of amides is 1. The van der Waals surface area contributed by atoms with Gasteiger partial charge in [0.25, 0.3) is 0 Å². The van der Waals surface area contributed by atoms with Crippen LogP contribution in [-0.4, -0.2) is 49.9 Å². The summed E-state index contributed by atoms with van der Waals surface area (Å²) in [6, 6.07) is 4.48. The van der Waals surface area contributed by atoms with Gasteiger partial charge >= 0.3 is 5.97 Å². The molecule has 1 heterocycles. The zero-order valence-electron chi connectivity index (χ0n) is 11.7. The summed E-state index contributed by atoms with van der Waals surface area (Å²) in [5, 5.41) is 14.9. The Hall–Kier alpha value is -2.12. The molecule has 1 fully saturated rings. The van der Waals surface area contributed by atoms with Crippen molar-refractivity contribution >= 4 is 17.6 Å². The lowest BCUT2D eigenvalue weighted by Crippen LogP contribution is -2.40. The minimum atomic E-state index is -1.13. The third-order valence-electron chi connectivity index (χ3n) is 3.15. The van der Waals surface area contributed by atoms with Gasteiger partial charge < -0.3 is 25.2 Å². The van der Waals surface area contributed by atoms with Gasteiger partial charge in [-0.05, 0) is 18.2 Å². The van der Waals surface area contributed by atoms with E-state index in [4.69, 9.17) is 9.47 Å². The highest BCUT2D eigenvalue weighted by Gasteiger charge is 2.19. The fraction of sp³-hybridized carbons (Fsp3) is 0.429. The van der Waals surface area contributed by atoms with E-state index >= 15 is 0 Å². The molecule has 0 radical (unpaired) electrons. The number of carboxylic acid groups (broad SMARTS) is 1. The SMILES string of the molecule is COc1ccc(NC(=O)CC2CNCCO2)c(C(=O)O)c1. The van der Waals surface area contributed by atoms with Gasteiger partial charge in [-0.15, -0.1) is 0 Å². The highest BCUT2D eigenvalue weighted by atomic mass is 16.5. The van der Waals surface area contributed by atoms with Crippen LogP contribution in [0.1, 0.15) is 16.8 Å². The molecule has 1 atom stereocenters. The average Bonchev–Trinajstić information content (AvgIpc) is 2.48. The van der Waals surface area contributed by atoms with Crippen LogP contribution < -0.4 is 15.4 Å². The smallest absolute Gasteiger partial charge is 0.337 e. The van der Waals surface area contributed by atoms with Crippen molar-refractivity contribution in [3.63, 3.8) is 0 Å². The van der Waals surface area contributed by atoms with Crippen molar-refractivity contribution in [3.8, 4) is 5.75 Å². The minimum Gasteiger partial charge on any atom is -0.497 e. The first-order valence-corrected chi connectivity index (χ1v) is 6.63. The van der Waals surface area contributed by atoms with Crippen LogP contribution in [0.2, 0.25) is 0 Å². The number of carbonyl (C=O) groups excluding carboxylic acids is 1. The van der Waals surface area contributed by atoms with E-state index in [-0.39, 0.29) is 29.7 Å². The van der Waals surface area contributed by atoms with Gasteiger partial charge in [0.15, 0.2) is 0 Å². The number of morpholine rings is 1. The fourth-order valence-electron chi connectivity index (χ4n) is 2.10. The third-order valence-corrected chi connectivity index (χ3v) is 3.15. The number of carbonyl (C=O) groups is 2. The highest BCUT2D eigenvalue weighted by Crippen LogP contribution is 2.22. The predicted molar refractivity (Wildman–Crippen MR) is 75.8 cm³/mol. The normalized spacial score (nSPS) is 18.0. The lowest BCUT2D eigenvalue weighted by atomic mass is 10.1. The monoisotopic (exact) mass is 294 g/mol. The van der Waals surface area contributed by atoms with Crippen LogP contribution >= 0.6 is 0 Å². The second kappa shape index (κ2) is 7.05. The molecule has 7 nitrogen and oxygen atoms in total. The number of hydrogen-bond donors (Lipinski definition) is 3. The molecule has 1 saturated heterocycles. The minimum absolute atomic E-state index is 0.00890. The van der Waals surface area contributed by atoms with Crippen LogP contribution in [0.25, 0.3) is 0 Å². The van der Waals surface area contributed by atoms with Crippen molar-refractivity contribution in [2.45, 2.75) is 12.5 Å². The largest absolute Gasteiger partial charge is 0.497 e. The fourth-order valence-corrected chi connectivity index (χ4v) is 2.10. The van der Waals surface area contributed by atoms with Crippen molar-refractivity contribution in [1.29, 1.82) is 0 Å². The quantitative estimate of drug-likeness (QED) is 0.740. The maximum absolute atomic E-state index is 12.0. The van der Waals surface area contributed by atoms with Gasteiger partial charge in [0, 0.05) is 13.1 Å². The van der Waals surface area contributed by atoms with Crippen molar-refractivity contribution in [3.05, 3.63) is 23.8 Å². The highest BCUT2D eigenvalue weighted by molar-refractivity contribution is 6.01. The van der Waals surface area contributed by atoms with Crippen LogP contribution in [0, 0.1) is 0 Å². The van der Waals surface area contributed by atoms with Gasteiger partial charge in [0.05, 0.1) is 37.5 Å². The summed E-state index contributed by atoms with van der Waals surface area (Å²) in [7, 11) is 1.45. The van der Waals surface area contributed by atoms with Crippen LogP contribution in [0.3, 0.4) is 0 Å². The van der Waals surface area contributed by atoms with Crippen molar-refractivity contribution in [2.24, 2.45) is 0 Å². The number of ether oxygens (including phenoxy) is 2. The van der Waals surface area contributed by atoms with Crippen molar-refractivity contribution in [2.75, 3.05) is 32.1 Å². The molecule has 1 aromatic carbocycles. The molecule has 1 unspecified atom stereocenters. The Balaban J connectivity index is 2.04. The molecule has 0 aromatic heterocycles. The zero-order chi connectivity index (χ0) is 15.2. The molecule has 0 spiro atoms. The molecule has 1 aliphatic heterocycles. The van der Waals surface area contributed by atoms with E-state index in [0.717, 1.165) is 6.54 Å². The lowest BCUT2D eigenvalue weighted by Gasteiger charge is -2.23. The summed E-state index contributed by atoms with van der Waals surface area (Å²) < 4.78 is 10.4. The Morgan fingerprint density at radius 1 is 1.52 bits per heavy atom. The van der Waals surface area contributed by atoms with Gasteiger partial charge in [-0.2, -0.15) is 0 Å². The Morgan fingerprint density at radius 3 is 2.95 bits per heavy atom. The number of carboxylic acids is 1. The molecular weight excluding hydrogens is 276 g/mol. The number of anilines is 1. The standard InChI is InChI=1S/C14H18N2O5/c1-20-9-2-3-12(11(6-9)14(18)19)16-13(17)7-10-8-15-4-5-21-10/h2-3,6,10,15H,4-5,7-8H2,1H3,(H,16,17)(H,18,19). The van der Waals surface area contributed by atoms with Gasteiger partial charge in [-0.25, -0.2) is 4.79 Å². The lowest BCUT2D eigenvalue weighted by molar-refractivity contribution is -0.119. The predicted octanol–water partition coefficient (Wildman–Crippen LogP) is 0.710. The van der Waals surface area contributed by atoms with E-state index in [1.807, 2.05) is 0 Å². The molecule has 1 aromatic rings. The van der Waals surface area contributed by atoms with E-state index in [0.29, 0.717) is 18.9 Å². The first kappa shape index (κ1) is 15.3. The van der Waals surface area contributed by atoms with E-state index < -0.39 is 5.97 Å². The Labute approximate surface area is 122 Å². The maximum Gasteiger partial charge on any atom is 0.337 e. The molecule has 0 bridgehead atoms. The number of hydrogen-bond acceptors (Lipinski definition) is 5. The molecule has 21 heavy (non-hydrogen) atoms. The van der Waals surface area contributed by atoms with Crippen LogP contribution in [0.5, 0.6) is 5.75 Å². The number of methoxy groups -OCH3 is 1. The molecule has 3 N–H and O–H groups in total. The van der Waals surface area contributed by atoms with Gasteiger partial charge in [-0.3, -0.25) is 4.79 Å². The summed E-state index contributed by atoms with van der Waals surface area (Å²) in [4.78, 5) is 23.2. The molecule has 114 valence electrons. The average molecular weight is 294 g/mol. The van der Waals surface area contributed by atoms with Crippen LogP contribution in [0.4, 0.5) is 5.69 Å². The molecule has 2 rings (SSSR count). The third kappa shape index (κ3) is 4.17. The van der Waals surface area contributed by atoms with Gasteiger partial charge in [-0.1, -0.05) is 0 Å². The van der Waals surface area contributed by atoms with Crippen LogP contribution in [-0.2, 0) is 9.53 Å². The first-order chi connectivity index (χ1) is 10.1. The summed E-state index contributed by atoms with van der Waals surface area (Å²) >= 11 is 0. The van der Waals surface area contributed by atoms with E-state index in [9.17, 15) is 14.7 Å². The molecule has 0 saturated carbocycles. The Bertz CT molecular complexity index is 526. The van der Waals surface area contributed by atoms with Crippen molar-refractivity contribution in [1.82, 2.24) is 5.32 Å². The van der Waals surface area contributed by atoms with E-state index in [1.54, 1.807) is 6.07 Å². The second-order valence-electron chi connectivity index (χ2n) is 4.67. The second-order valence-corrected chi connectivity index (χ2v) is 4.67. The summed E-state index contributed by atoms with van der Waals surface area (Å²) in [5.74, 6) is -0.985. The first-order valence-electron chi connectivity index (χ1n) is 6.63. The number of nitrogens with one attached hydrogen (secondary N) is 2. The molecule has 7 heteroatoms. The molecule has 0 aliphatic carbocycles. The van der Waals surface area contributed by atoms with Crippen LogP contribution in [0.15, 0.2) is 18.2 Å². The molecule has 1 amide bonds. The summed E-state index contributed by atoms with van der Waals surface area (Å²) in [6.45, 7) is 1.96. The topological polar surface area (TPSA) is 96.9 Å². The number of benzene rings is 1. The molecule has 1 aliphatic rings. The zero-order valence-corrected chi connectivity index (χ0v) is 11.7.